The smallest absolute Gasteiger partial charge is 0.269 e. The second kappa shape index (κ2) is 3.65. The minimum atomic E-state index is -0.437. The molecular formula is C11H9N3O3. The lowest BCUT2D eigenvalue weighted by molar-refractivity contribution is -0.384. The molecule has 0 unspecified atom stereocenters. The predicted molar refractivity (Wildman–Crippen MR) is 58.4 cm³/mol. The van der Waals surface area contributed by atoms with Crippen LogP contribution in [0.1, 0.15) is 24.7 Å². The molecule has 1 heterocycles. The van der Waals surface area contributed by atoms with E-state index in [-0.39, 0.29) is 5.69 Å². The number of non-ortho nitro benzene ring substituents is 1. The zero-order valence-corrected chi connectivity index (χ0v) is 8.87. The zero-order valence-electron chi connectivity index (χ0n) is 8.87. The minimum Gasteiger partial charge on any atom is -0.420 e. The van der Waals surface area contributed by atoms with Crippen molar-refractivity contribution in [2.24, 2.45) is 0 Å². The van der Waals surface area contributed by atoms with Gasteiger partial charge in [0, 0.05) is 23.6 Å². The number of nitrogens with zero attached hydrogens (tertiary/aromatic N) is 3. The van der Waals surface area contributed by atoms with Gasteiger partial charge < -0.3 is 4.42 Å². The number of aromatic nitrogens is 2. The Morgan fingerprint density at radius 2 is 1.94 bits per heavy atom. The van der Waals surface area contributed by atoms with E-state index in [2.05, 4.69) is 10.2 Å². The fourth-order valence-corrected chi connectivity index (χ4v) is 1.57. The molecule has 2 aromatic rings. The van der Waals surface area contributed by atoms with Crippen LogP contribution in [-0.2, 0) is 0 Å². The van der Waals surface area contributed by atoms with Gasteiger partial charge in [0.25, 0.3) is 5.69 Å². The first-order valence-corrected chi connectivity index (χ1v) is 5.32. The van der Waals surface area contributed by atoms with E-state index in [9.17, 15) is 10.1 Å². The fourth-order valence-electron chi connectivity index (χ4n) is 1.57. The second-order valence-corrected chi connectivity index (χ2v) is 4.02. The molecule has 1 fully saturated rings. The lowest BCUT2D eigenvalue weighted by Crippen LogP contribution is -1.87. The Balaban J connectivity index is 1.89. The third kappa shape index (κ3) is 1.89. The van der Waals surface area contributed by atoms with Crippen molar-refractivity contribution in [3.63, 3.8) is 0 Å². The molecule has 0 bridgehead atoms. The molecule has 1 aliphatic rings. The van der Waals surface area contributed by atoms with Crippen molar-refractivity contribution in [3.05, 3.63) is 40.3 Å². The molecule has 1 aromatic heterocycles. The first-order valence-electron chi connectivity index (χ1n) is 5.32. The summed E-state index contributed by atoms with van der Waals surface area (Å²) in [5.41, 5.74) is 0.755. The zero-order chi connectivity index (χ0) is 11.8. The average Bonchev–Trinajstić information content (AvgIpc) is 3.07. The van der Waals surface area contributed by atoms with E-state index in [1.807, 2.05) is 0 Å². The maximum atomic E-state index is 10.5. The van der Waals surface area contributed by atoms with Crippen LogP contribution < -0.4 is 0 Å². The van der Waals surface area contributed by atoms with Crippen LogP contribution in [-0.4, -0.2) is 15.1 Å². The fraction of sp³-hybridized carbons (Fsp3) is 0.273. The van der Waals surface area contributed by atoms with Crippen molar-refractivity contribution in [3.8, 4) is 11.5 Å². The quantitative estimate of drug-likeness (QED) is 0.598. The number of rotatable bonds is 3. The van der Waals surface area contributed by atoms with Crippen LogP contribution in [0.5, 0.6) is 0 Å². The largest absolute Gasteiger partial charge is 0.420 e. The number of nitro benzene ring substituents is 1. The summed E-state index contributed by atoms with van der Waals surface area (Å²) >= 11 is 0. The summed E-state index contributed by atoms with van der Waals surface area (Å²) in [6.07, 6.45) is 2.20. The van der Waals surface area contributed by atoms with Gasteiger partial charge in [0.1, 0.15) is 0 Å². The lowest BCUT2D eigenvalue weighted by atomic mass is 10.2. The Morgan fingerprint density at radius 3 is 2.53 bits per heavy atom. The van der Waals surface area contributed by atoms with E-state index < -0.39 is 4.92 Å². The highest BCUT2D eigenvalue weighted by Crippen LogP contribution is 2.39. The molecular weight excluding hydrogens is 222 g/mol. The first-order chi connectivity index (χ1) is 8.24. The van der Waals surface area contributed by atoms with Crippen LogP contribution in [0.4, 0.5) is 5.69 Å². The van der Waals surface area contributed by atoms with Gasteiger partial charge in [0.05, 0.1) is 4.92 Å². The molecule has 17 heavy (non-hydrogen) atoms. The molecule has 0 N–H and O–H groups in total. The molecule has 0 amide bonds. The Hall–Kier alpha value is -2.24. The van der Waals surface area contributed by atoms with Crippen LogP contribution >= 0.6 is 0 Å². The summed E-state index contributed by atoms with van der Waals surface area (Å²) in [5.74, 6) is 1.49. The summed E-state index contributed by atoms with van der Waals surface area (Å²) in [7, 11) is 0. The van der Waals surface area contributed by atoms with Gasteiger partial charge in [0.2, 0.25) is 11.8 Å². The summed E-state index contributed by atoms with van der Waals surface area (Å²) in [6.45, 7) is 0. The Morgan fingerprint density at radius 1 is 1.24 bits per heavy atom. The van der Waals surface area contributed by atoms with E-state index in [4.69, 9.17) is 4.42 Å². The van der Waals surface area contributed by atoms with Gasteiger partial charge in [-0.25, -0.2) is 0 Å². The lowest BCUT2D eigenvalue weighted by Gasteiger charge is -1.94. The van der Waals surface area contributed by atoms with E-state index in [0.29, 0.717) is 23.3 Å². The molecule has 1 aromatic carbocycles. The Labute approximate surface area is 96.4 Å². The highest BCUT2D eigenvalue weighted by Gasteiger charge is 2.29. The Kier molecular flexibility index (Phi) is 2.14. The molecule has 6 nitrogen and oxygen atoms in total. The van der Waals surface area contributed by atoms with Crippen molar-refractivity contribution in [1.29, 1.82) is 0 Å². The predicted octanol–water partition coefficient (Wildman–Crippen LogP) is 2.52. The molecule has 0 saturated heterocycles. The van der Waals surface area contributed by atoms with Crippen LogP contribution in [0.2, 0.25) is 0 Å². The number of nitro groups is 1. The van der Waals surface area contributed by atoms with Gasteiger partial charge in [-0.1, -0.05) is 0 Å². The number of benzene rings is 1. The SMILES string of the molecule is O=[N+]([O-])c1ccc(-c2nnc(C3CC3)o2)cc1. The summed E-state index contributed by atoms with van der Waals surface area (Å²) in [5, 5.41) is 18.4. The molecule has 0 aliphatic heterocycles. The van der Waals surface area contributed by atoms with Crippen molar-refractivity contribution in [2.45, 2.75) is 18.8 Å². The van der Waals surface area contributed by atoms with Gasteiger partial charge in [-0.3, -0.25) is 10.1 Å². The molecule has 1 aliphatic carbocycles. The molecule has 0 radical (unpaired) electrons. The van der Waals surface area contributed by atoms with E-state index >= 15 is 0 Å². The summed E-state index contributed by atoms with van der Waals surface area (Å²) < 4.78 is 5.50. The highest BCUT2D eigenvalue weighted by molar-refractivity contribution is 5.55. The van der Waals surface area contributed by atoms with Gasteiger partial charge in [-0.05, 0) is 25.0 Å². The van der Waals surface area contributed by atoms with Gasteiger partial charge in [0.15, 0.2) is 0 Å². The molecule has 1 saturated carbocycles. The van der Waals surface area contributed by atoms with Crippen LogP contribution in [0, 0.1) is 10.1 Å². The van der Waals surface area contributed by atoms with Gasteiger partial charge in [-0.2, -0.15) is 0 Å². The molecule has 86 valence electrons. The van der Waals surface area contributed by atoms with Crippen molar-refractivity contribution in [2.75, 3.05) is 0 Å². The summed E-state index contributed by atoms with van der Waals surface area (Å²) in [4.78, 5) is 10.1. The average molecular weight is 231 g/mol. The van der Waals surface area contributed by atoms with Crippen LogP contribution in [0.25, 0.3) is 11.5 Å². The normalized spacial score (nSPS) is 14.8. The Bertz CT molecular complexity index is 558. The number of hydrogen-bond acceptors (Lipinski definition) is 5. The third-order valence-electron chi connectivity index (χ3n) is 2.69. The number of hydrogen-bond donors (Lipinski definition) is 0. The molecule has 3 rings (SSSR count). The van der Waals surface area contributed by atoms with Crippen molar-refractivity contribution >= 4 is 5.69 Å². The van der Waals surface area contributed by atoms with E-state index in [0.717, 1.165) is 12.8 Å². The standard InChI is InChI=1S/C11H9N3O3/c15-14(16)9-5-3-8(4-6-9)11-13-12-10(17-11)7-1-2-7/h3-7H,1-2H2. The van der Waals surface area contributed by atoms with Crippen LogP contribution in [0.3, 0.4) is 0 Å². The second-order valence-electron chi connectivity index (χ2n) is 4.02. The minimum absolute atomic E-state index is 0.0516. The molecule has 6 heteroatoms. The molecule has 0 atom stereocenters. The maximum Gasteiger partial charge on any atom is 0.269 e. The van der Waals surface area contributed by atoms with Gasteiger partial charge in [-0.15, -0.1) is 10.2 Å². The van der Waals surface area contributed by atoms with Gasteiger partial charge >= 0.3 is 0 Å². The molecule has 0 spiro atoms. The van der Waals surface area contributed by atoms with E-state index in [1.54, 1.807) is 12.1 Å². The van der Waals surface area contributed by atoms with E-state index in [1.165, 1.54) is 12.1 Å². The first kappa shape index (κ1) is 9.95. The monoisotopic (exact) mass is 231 g/mol. The van der Waals surface area contributed by atoms with Crippen molar-refractivity contribution < 1.29 is 9.34 Å². The highest BCUT2D eigenvalue weighted by atomic mass is 16.6. The third-order valence-corrected chi connectivity index (χ3v) is 2.69. The van der Waals surface area contributed by atoms with Crippen LogP contribution in [0.15, 0.2) is 28.7 Å². The summed E-state index contributed by atoms with van der Waals surface area (Å²) in [6, 6.07) is 6.08. The van der Waals surface area contributed by atoms with Crippen molar-refractivity contribution in [1.82, 2.24) is 10.2 Å². The maximum absolute atomic E-state index is 10.5. The topological polar surface area (TPSA) is 82.1 Å².